The SMILES string of the molecule is CC(C)CCOc1cccc(C2C(C#N)=C(N)Oc3cc(OC(=O)c4ccccc4Cl)ccc32)c1. The summed E-state index contributed by atoms with van der Waals surface area (Å²) in [6.07, 6.45) is 0.941. The molecule has 3 aromatic rings. The second kappa shape index (κ2) is 10.5. The Morgan fingerprint density at radius 1 is 1.11 bits per heavy atom. The summed E-state index contributed by atoms with van der Waals surface area (Å²) in [6, 6.07) is 21.5. The number of halogens is 1. The lowest BCUT2D eigenvalue weighted by atomic mass is 9.83. The monoisotopic (exact) mass is 488 g/mol. The average molecular weight is 489 g/mol. The molecule has 0 spiro atoms. The van der Waals surface area contributed by atoms with E-state index in [-0.39, 0.29) is 17.2 Å². The molecule has 3 aromatic carbocycles. The molecule has 2 N–H and O–H groups in total. The van der Waals surface area contributed by atoms with Gasteiger partial charge in [0.05, 0.1) is 23.1 Å². The molecule has 1 unspecified atom stereocenters. The molecule has 1 aliphatic heterocycles. The lowest BCUT2D eigenvalue weighted by Crippen LogP contribution is -2.21. The van der Waals surface area contributed by atoms with E-state index in [1.54, 1.807) is 42.5 Å². The van der Waals surface area contributed by atoms with E-state index in [4.69, 9.17) is 31.5 Å². The molecule has 4 rings (SSSR count). The highest BCUT2D eigenvalue weighted by Gasteiger charge is 2.31. The van der Waals surface area contributed by atoms with Crippen molar-refractivity contribution < 1.29 is 19.0 Å². The van der Waals surface area contributed by atoms with Crippen molar-refractivity contribution in [3.63, 3.8) is 0 Å². The first-order valence-electron chi connectivity index (χ1n) is 11.3. The van der Waals surface area contributed by atoms with Crippen LogP contribution in [0.1, 0.15) is 47.7 Å². The molecule has 0 aliphatic carbocycles. The second-order valence-corrected chi connectivity index (χ2v) is 9.00. The molecule has 6 nitrogen and oxygen atoms in total. The summed E-state index contributed by atoms with van der Waals surface area (Å²) in [6.45, 7) is 4.89. The van der Waals surface area contributed by atoms with Crippen molar-refractivity contribution in [2.24, 2.45) is 11.7 Å². The number of nitrogens with two attached hydrogens (primary N) is 1. The van der Waals surface area contributed by atoms with Crippen LogP contribution in [0.4, 0.5) is 0 Å². The lowest BCUT2D eigenvalue weighted by Gasteiger charge is -2.27. The molecule has 1 heterocycles. The van der Waals surface area contributed by atoms with Gasteiger partial charge in [-0.3, -0.25) is 0 Å². The lowest BCUT2D eigenvalue weighted by molar-refractivity contribution is 0.0734. The molecule has 0 aromatic heterocycles. The van der Waals surface area contributed by atoms with Gasteiger partial charge in [0.25, 0.3) is 0 Å². The Morgan fingerprint density at radius 2 is 1.91 bits per heavy atom. The first-order valence-corrected chi connectivity index (χ1v) is 11.7. The van der Waals surface area contributed by atoms with Gasteiger partial charge >= 0.3 is 5.97 Å². The van der Waals surface area contributed by atoms with Gasteiger partial charge < -0.3 is 19.9 Å². The summed E-state index contributed by atoms with van der Waals surface area (Å²) in [4.78, 5) is 12.6. The third-order valence-corrected chi connectivity index (χ3v) is 5.98. The van der Waals surface area contributed by atoms with Gasteiger partial charge in [-0.2, -0.15) is 5.26 Å². The van der Waals surface area contributed by atoms with Crippen LogP contribution in [-0.4, -0.2) is 12.6 Å². The van der Waals surface area contributed by atoms with Gasteiger partial charge in [-0.1, -0.05) is 55.8 Å². The van der Waals surface area contributed by atoms with E-state index in [2.05, 4.69) is 19.9 Å². The number of esters is 1. The number of hydrogen-bond donors (Lipinski definition) is 1. The Kier molecular flexibility index (Phi) is 7.28. The number of ether oxygens (including phenoxy) is 3. The Labute approximate surface area is 209 Å². The first kappa shape index (κ1) is 24.2. The molecular formula is C28H25ClN2O4. The maximum Gasteiger partial charge on any atom is 0.345 e. The highest BCUT2D eigenvalue weighted by Crippen LogP contribution is 2.44. The maximum absolute atomic E-state index is 12.6. The number of hydrogen-bond acceptors (Lipinski definition) is 6. The fourth-order valence-electron chi connectivity index (χ4n) is 3.83. The number of rotatable bonds is 7. The molecule has 7 heteroatoms. The van der Waals surface area contributed by atoms with E-state index < -0.39 is 11.9 Å². The second-order valence-electron chi connectivity index (χ2n) is 8.60. The van der Waals surface area contributed by atoms with E-state index >= 15 is 0 Å². The Bertz CT molecular complexity index is 1330. The van der Waals surface area contributed by atoms with Crippen LogP contribution in [0.2, 0.25) is 5.02 Å². The molecule has 0 radical (unpaired) electrons. The van der Waals surface area contributed by atoms with Gasteiger partial charge in [-0.25, -0.2) is 4.79 Å². The Hall–Kier alpha value is -3.95. The van der Waals surface area contributed by atoms with Crippen molar-refractivity contribution >= 4 is 17.6 Å². The Balaban J connectivity index is 1.64. The number of carbonyl (C=O) groups is 1. The van der Waals surface area contributed by atoms with Gasteiger partial charge in [0.2, 0.25) is 5.88 Å². The third kappa shape index (κ3) is 5.42. The molecule has 0 bridgehead atoms. The molecule has 35 heavy (non-hydrogen) atoms. The van der Waals surface area contributed by atoms with Crippen molar-refractivity contribution in [2.45, 2.75) is 26.2 Å². The molecule has 0 fully saturated rings. The number of nitriles is 1. The van der Waals surface area contributed by atoms with Crippen molar-refractivity contribution in [2.75, 3.05) is 6.61 Å². The molecule has 0 amide bonds. The van der Waals surface area contributed by atoms with Crippen molar-refractivity contribution in [1.82, 2.24) is 0 Å². The highest BCUT2D eigenvalue weighted by molar-refractivity contribution is 6.33. The highest BCUT2D eigenvalue weighted by atomic mass is 35.5. The first-order chi connectivity index (χ1) is 16.9. The topological polar surface area (TPSA) is 94.6 Å². The van der Waals surface area contributed by atoms with Crippen LogP contribution < -0.4 is 19.9 Å². The van der Waals surface area contributed by atoms with Gasteiger partial charge in [0.1, 0.15) is 28.9 Å². The fourth-order valence-corrected chi connectivity index (χ4v) is 4.04. The van der Waals surface area contributed by atoms with Crippen LogP contribution >= 0.6 is 11.6 Å². The fraction of sp³-hybridized carbons (Fsp3) is 0.214. The van der Waals surface area contributed by atoms with Gasteiger partial charge in [-0.15, -0.1) is 0 Å². The van der Waals surface area contributed by atoms with Crippen molar-refractivity contribution in [1.29, 1.82) is 5.26 Å². The van der Waals surface area contributed by atoms with Crippen molar-refractivity contribution in [3.8, 4) is 23.3 Å². The van der Waals surface area contributed by atoms with E-state index in [1.165, 1.54) is 0 Å². The summed E-state index contributed by atoms with van der Waals surface area (Å²) in [5, 5.41) is 10.1. The molecule has 0 saturated carbocycles. The molecule has 0 saturated heterocycles. The van der Waals surface area contributed by atoms with Crippen LogP contribution in [-0.2, 0) is 0 Å². The molecular weight excluding hydrogens is 464 g/mol. The number of allylic oxidation sites excluding steroid dienone is 1. The zero-order valence-corrected chi connectivity index (χ0v) is 20.2. The summed E-state index contributed by atoms with van der Waals surface area (Å²) >= 11 is 6.11. The van der Waals surface area contributed by atoms with Crippen LogP contribution in [0.5, 0.6) is 17.2 Å². The van der Waals surface area contributed by atoms with Crippen LogP contribution in [0.15, 0.2) is 78.2 Å². The summed E-state index contributed by atoms with van der Waals surface area (Å²) in [7, 11) is 0. The molecule has 1 aliphatic rings. The van der Waals surface area contributed by atoms with Crippen LogP contribution in [0.25, 0.3) is 0 Å². The minimum atomic E-state index is -0.588. The molecule has 1 atom stereocenters. The summed E-state index contributed by atoms with van der Waals surface area (Å²) < 4.78 is 17.2. The van der Waals surface area contributed by atoms with Crippen molar-refractivity contribution in [3.05, 3.63) is 99.9 Å². The molecule has 178 valence electrons. The number of nitrogens with zero attached hydrogens (tertiary/aromatic N) is 1. The largest absolute Gasteiger partial charge is 0.494 e. The third-order valence-electron chi connectivity index (χ3n) is 5.65. The van der Waals surface area contributed by atoms with E-state index in [0.29, 0.717) is 28.9 Å². The zero-order valence-electron chi connectivity index (χ0n) is 19.5. The van der Waals surface area contributed by atoms with Crippen LogP contribution in [0, 0.1) is 17.2 Å². The quantitative estimate of drug-likeness (QED) is 0.314. The predicted molar refractivity (Wildman–Crippen MR) is 134 cm³/mol. The van der Waals surface area contributed by atoms with Gasteiger partial charge in [0, 0.05) is 11.6 Å². The number of fused-ring (bicyclic) bond motifs is 1. The van der Waals surface area contributed by atoms with E-state index in [9.17, 15) is 10.1 Å². The van der Waals surface area contributed by atoms with Gasteiger partial charge in [-0.05, 0) is 48.2 Å². The van der Waals surface area contributed by atoms with E-state index in [0.717, 1.165) is 23.3 Å². The average Bonchev–Trinajstić information content (AvgIpc) is 2.83. The maximum atomic E-state index is 12.6. The van der Waals surface area contributed by atoms with Crippen LogP contribution in [0.3, 0.4) is 0 Å². The zero-order chi connectivity index (χ0) is 24.9. The minimum absolute atomic E-state index is 0.00529. The minimum Gasteiger partial charge on any atom is -0.494 e. The number of benzene rings is 3. The normalized spacial score (nSPS) is 14.7. The van der Waals surface area contributed by atoms with E-state index in [1.807, 2.05) is 24.3 Å². The smallest absolute Gasteiger partial charge is 0.345 e. The number of carbonyl (C=O) groups excluding carboxylic acids is 1. The Morgan fingerprint density at radius 3 is 2.66 bits per heavy atom. The summed E-state index contributed by atoms with van der Waals surface area (Å²) in [5.74, 6) is 0.896. The summed E-state index contributed by atoms with van der Waals surface area (Å²) in [5.41, 5.74) is 8.26. The van der Waals surface area contributed by atoms with Gasteiger partial charge in [0.15, 0.2) is 0 Å². The predicted octanol–water partition coefficient (Wildman–Crippen LogP) is 6.20. The standard InChI is InChI=1S/C28H25ClN2O4/c1-17(2)12-13-33-19-7-5-6-18(14-19)26-22-11-10-20(15-25(22)35-27(31)23(26)16-30)34-28(32)21-8-3-4-9-24(21)29/h3-11,14-15,17,26H,12-13,31H2,1-2H3.